The number of hydrogen-bond acceptors (Lipinski definition) is 4. The van der Waals surface area contributed by atoms with Gasteiger partial charge < -0.3 is 9.64 Å². The number of aromatic nitrogens is 2. The Balaban J connectivity index is 1.69. The molecule has 2 heterocycles. The van der Waals surface area contributed by atoms with Gasteiger partial charge >= 0.3 is 0 Å². The molecule has 0 amide bonds. The van der Waals surface area contributed by atoms with Gasteiger partial charge in [0.15, 0.2) is 5.78 Å². The molecule has 0 bridgehead atoms. The van der Waals surface area contributed by atoms with Crippen LogP contribution in [0.15, 0.2) is 36.5 Å². The lowest BCUT2D eigenvalue weighted by molar-refractivity contribution is 0.104. The number of hydrogen-bond donors (Lipinski definition) is 0. The normalized spacial score (nSPS) is 15.3. The smallest absolute Gasteiger partial charge is 0.185 e. The molecule has 0 spiro atoms. The number of benzene rings is 1. The van der Waals surface area contributed by atoms with Crippen molar-refractivity contribution in [1.82, 2.24) is 9.78 Å². The zero-order valence-corrected chi connectivity index (χ0v) is 13.5. The summed E-state index contributed by atoms with van der Waals surface area (Å²) in [5.41, 5.74) is 3.71. The summed E-state index contributed by atoms with van der Waals surface area (Å²) in [6.45, 7) is 5.24. The van der Waals surface area contributed by atoms with Crippen LogP contribution in [0.2, 0.25) is 0 Å². The summed E-state index contributed by atoms with van der Waals surface area (Å²) < 4.78 is 7.10. The van der Waals surface area contributed by atoms with E-state index >= 15 is 0 Å². The summed E-state index contributed by atoms with van der Waals surface area (Å²) in [7, 11) is 1.87. The van der Waals surface area contributed by atoms with Gasteiger partial charge in [0.25, 0.3) is 0 Å². The average Bonchev–Trinajstić information content (AvgIpc) is 2.91. The number of allylic oxidation sites excluding steroid dienone is 1. The fraction of sp³-hybridized carbons (Fsp3) is 0.333. The van der Waals surface area contributed by atoms with Crippen molar-refractivity contribution < 1.29 is 9.53 Å². The first-order chi connectivity index (χ1) is 11.1. The Hall–Kier alpha value is -2.40. The highest BCUT2D eigenvalue weighted by atomic mass is 16.5. The summed E-state index contributed by atoms with van der Waals surface area (Å²) in [4.78, 5) is 14.5. The predicted octanol–water partition coefficient (Wildman–Crippen LogP) is 2.46. The van der Waals surface area contributed by atoms with Gasteiger partial charge in [-0.2, -0.15) is 5.10 Å². The van der Waals surface area contributed by atoms with Crippen LogP contribution in [0, 0.1) is 6.92 Å². The monoisotopic (exact) mass is 311 g/mol. The number of aryl methyl sites for hydroxylation is 2. The van der Waals surface area contributed by atoms with Crippen molar-refractivity contribution in [2.24, 2.45) is 7.05 Å². The Morgan fingerprint density at radius 2 is 1.91 bits per heavy atom. The fourth-order valence-electron chi connectivity index (χ4n) is 2.70. The first kappa shape index (κ1) is 15.5. The molecular formula is C18H21N3O2. The van der Waals surface area contributed by atoms with Gasteiger partial charge in [-0.15, -0.1) is 0 Å². The Bertz CT molecular complexity index is 710. The van der Waals surface area contributed by atoms with E-state index in [1.165, 1.54) is 0 Å². The van der Waals surface area contributed by atoms with E-state index in [9.17, 15) is 4.79 Å². The lowest BCUT2D eigenvalue weighted by Crippen LogP contribution is -2.36. The molecule has 0 atom stereocenters. The van der Waals surface area contributed by atoms with Crippen LogP contribution in [-0.2, 0) is 11.8 Å². The van der Waals surface area contributed by atoms with Crippen molar-refractivity contribution in [3.05, 3.63) is 53.4 Å². The number of nitrogens with zero attached hydrogens (tertiary/aromatic N) is 3. The molecule has 1 saturated heterocycles. The predicted molar refractivity (Wildman–Crippen MR) is 90.8 cm³/mol. The molecule has 1 aromatic heterocycles. The van der Waals surface area contributed by atoms with E-state index in [2.05, 4.69) is 10.00 Å². The Kier molecular flexibility index (Phi) is 4.57. The van der Waals surface area contributed by atoms with Gasteiger partial charge in [0.2, 0.25) is 0 Å². The average molecular weight is 311 g/mol. The highest BCUT2D eigenvalue weighted by Gasteiger charge is 2.11. The minimum absolute atomic E-state index is 0.00165. The van der Waals surface area contributed by atoms with Crippen molar-refractivity contribution in [3.63, 3.8) is 0 Å². The number of morpholine rings is 1. The second-order valence-electron chi connectivity index (χ2n) is 5.69. The first-order valence-corrected chi connectivity index (χ1v) is 7.79. The molecule has 0 unspecified atom stereocenters. The van der Waals surface area contributed by atoms with E-state index in [1.807, 2.05) is 50.5 Å². The number of ether oxygens (including phenoxy) is 1. The van der Waals surface area contributed by atoms with Crippen LogP contribution in [0.3, 0.4) is 0 Å². The minimum Gasteiger partial charge on any atom is -0.378 e. The van der Waals surface area contributed by atoms with Crippen LogP contribution in [-0.4, -0.2) is 41.9 Å². The molecule has 1 fully saturated rings. The van der Waals surface area contributed by atoms with E-state index in [1.54, 1.807) is 10.8 Å². The quantitative estimate of drug-likeness (QED) is 0.643. The van der Waals surface area contributed by atoms with Crippen LogP contribution in [0.4, 0.5) is 5.69 Å². The van der Waals surface area contributed by atoms with E-state index in [-0.39, 0.29) is 5.78 Å². The van der Waals surface area contributed by atoms with Crippen LogP contribution < -0.4 is 4.90 Å². The van der Waals surface area contributed by atoms with E-state index < -0.39 is 0 Å². The molecule has 1 aliphatic heterocycles. The summed E-state index contributed by atoms with van der Waals surface area (Å²) in [5, 5.41) is 4.26. The molecule has 0 radical (unpaired) electrons. The third-order valence-electron chi connectivity index (χ3n) is 3.99. The van der Waals surface area contributed by atoms with Crippen molar-refractivity contribution in [2.75, 3.05) is 31.2 Å². The van der Waals surface area contributed by atoms with Crippen molar-refractivity contribution in [1.29, 1.82) is 0 Å². The van der Waals surface area contributed by atoms with Crippen LogP contribution in [0.25, 0.3) is 6.08 Å². The summed E-state index contributed by atoms with van der Waals surface area (Å²) in [5.74, 6) is 0.00165. The first-order valence-electron chi connectivity index (χ1n) is 7.79. The standard InChI is InChI=1S/C18H21N3O2/c1-14-16(13-20(2)19-14)5-8-18(22)15-3-6-17(7-4-15)21-9-11-23-12-10-21/h3-8,13H,9-12H2,1-2H3/b8-5+. The third-order valence-corrected chi connectivity index (χ3v) is 3.99. The van der Waals surface area contributed by atoms with E-state index in [0.29, 0.717) is 5.56 Å². The summed E-state index contributed by atoms with van der Waals surface area (Å²) in [6, 6.07) is 7.77. The molecule has 0 N–H and O–H groups in total. The van der Waals surface area contributed by atoms with E-state index in [4.69, 9.17) is 4.74 Å². The van der Waals surface area contributed by atoms with Crippen molar-refractivity contribution >= 4 is 17.5 Å². The second-order valence-corrected chi connectivity index (χ2v) is 5.69. The third kappa shape index (κ3) is 3.68. The molecule has 5 heteroatoms. The number of carbonyl (C=O) groups excluding carboxylic acids is 1. The molecule has 5 nitrogen and oxygen atoms in total. The lowest BCUT2D eigenvalue weighted by Gasteiger charge is -2.28. The maximum atomic E-state index is 12.3. The van der Waals surface area contributed by atoms with Gasteiger partial charge in [0, 0.05) is 43.1 Å². The zero-order valence-electron chi connectivity index (χ0n) is 13.5. The van der Waals surface area contributed by atoms with Crippen LogP contribution in [0.1, 0.15) is 21.6 Å². The number of anilines is 1. The molecular weight excluding hydrogens is 290 g/mol. The second kappa shape index (κ2) is 6.79. The molecule has 23 heavy (non-hydrogen) atoms. The molecule has 1 aliphatic rings. The van der Waals surface area contributed by atoms with Crippen molar-refractivity contribution in [3.8, 4) is 0 Å². The highest BCUT2D eigenvalue weighted by molar-refractivity contribution is 6.07. The van der Waals surface area contributed by atoms with Gasteiger partial charge in [-0.05, 0) is 43.3 Å². The van der Waals surface area contributed by atoms with Crippen LogP contribution >= 0.6 is 0 Å². The Morgan fingerprint density at radius 1 is 1.22 bits per heavy atom. The van der Waals surface area contributed by atoms with Gasteiger partial charge in [-0.25, -0.2) is 0 Å². The zero-order chi connectivity index (χ0) is 16.2. The van der Waals surface area contributed by atoms with Gasteiger partial charge in [0.05, 0.1) is 18.9 Å². The molecule has 0 aliphatic carbocycles. The van der Waals surface area contributed by atoms with Crippen molar-refractivity contribution in [2.45, 2.75) is 6.92 Å². The largest absolute Gasteiger partial charge is 0.378 e. The molecule has 0 saturated carbocycles. The Labute approximate surface area is 136 Å². The summed E-state index contributed by atoms with van der Waals surface area (Å²) >= 11 is 0. The SMILES string of the molecule is Cc1nn(C)cc1/C=C/C(=O)c1ccc(N2CCOCC2)cc1. The van der Waals surface area contributed by atoms with E-state index in [0.717, 1.165) is 43.2 Å². The molecule has 3 rings (SSSR count). The van der Waals surface area contributed by atoms with Gasteiger partial charge in [-0.3, -0.25) is 9.48 Å². The number of carbonyl (C=O) groups is 1. The lowest BCUT2D eigenvalue weighted by atomic mass is 10.1. The molecule has 1 aromatic carbocycles. The number of ketones is 1. The molecule has 2 aromatic rings. The van der Waals surface area contributed by atoms with Crippen LogP contribution in [0.5, 0.6) is 0 Å². The highest BCUT2D eigenvalue weighted by Crippen LogP contribution is 2.17. The Morgan fingerprint density at radius 3 is 2.52 bits per heavy atom. The topological polar surface area (TPSA) is 47.4 Å². The maximum Gasteiger partial charge on any atom is 0.185 e. The molecule has 120 valence electrons. The maximum absolute atomic E-state index is 12.3. The summed E-state index contributed by atoms with van der Waals surface area (Å²) in [6.07, 6.45) is 5.33. The van der Waals surface area contributed by atoms with Gasteiger partial charge in [-0.1, -0.05) is 0 Å². The van der Waals surface area contributed by atoms with Gasteiger partial charge in [0.1, 0.15) is 0 Å². The fourth-order valence-corrected chi connectivity index (χ4v) is 2.70. The number of rotatable bonds is 4. The minimum atomic E-state index is 0.00165.